The third-order valence-electron chi connectivity index (χ3n) is 3.15. The van der Waals surface area contributed by atoms with Gasteiger partial charge < -0.3 is 5.32 Å². The number of hydrogen-bond acceptors (Lipinski definition) is 3. The first-order chi connectivity index (χ1) is 10.1. The molecule has 0 fully saturated rings. The van der Waals surface area contributed by atoms with Crippen molar-refractivity contribution in [2.75, 3.05) is 5.32 Å². The number of anilines is 1. The van der Waals surface area contributed by atoms with Gasteiger partial charge in [0.2, 0.25) is 5.95 Å². The maximum absolute atomic E-state index is 12.9. The van der Waals surface area contributed by atoms with E-state index in [4.69, 9.17) is 0 Å². The van der Waals surface area contributed by atoms with E-state index in [2.05, 4.69) is 31.3 Å². The number of fused-ring (bicyclic) bond motifs is 1. The van der Waals surface area contributed by atoms with Gasteiger partial charge in [-0.2, -0.15) is 4.98 Å². The van der Waals surface area contributed by atoms with Gasteiger partial charge in [0.15, 0.2) is 5.65 Å². The molecule has 0 aliphatic rings. The first kappa shape index (κ1) is 14.0. The molecule has 1 unspecified atom stereocenters. The van der Waals surface area contributed by atoms with Crippen LogP contribution in [0.2, 0.25) is 0 Å². The second-order valence-electron chi connectivity index (χ2n) is 4.94. The van der Waals surface area contributed by atoms with Crippen LogP contribution in [0.1, 0.15) is 12.5 Å². The Kier molecular flexibility index (Phi) is 3.88. The van der Waals surface area contributed by atoms with E-state index in [0.717, 1.165) is 22.1 Å². The highest BCUT2D eigenvalue weighted by Gasteiger charge is 2.09. The molecule has 0 spiro atoms. The van der Waals surface area contributed by atoms with Crippen molar-refractivity contribution in [3.8, 4) is 0 Å². The number of aromatic nitrogens is 3. The average Bonchev–Trinajstić information content (AvgIpc) is 2.85. The van der Waals surface area contributed by atoms with E-state index < -0.39 is 0 Å². The van der Waals surface area contributed by atoms with Crippen molar-refractivity contribution in [3.63, 3.8) is 0 Å². The maximum atomic E-state index is 12.9. The summed E-state index contributed by atoms with van der Waals surface area (Å²) in [5, 5.41) is 7.64. The van der Waals surface area contributed by atoms with Crippen LogP contribution in [0, 0.1) is 5.82 Å². The van der Waals surface area contributed by atoms with E-state index in [-0.39, 0.29) is 11.9 Å². The molecule has 0 bridgehead atoms. The number of hydrogen-bond donors (Lipinski definition) is 1. The molecule has 2 heterocycles. The normalized spacial score (nSPS) is 12.5. The first-order valence-electron chi connectivity index (χ1n) is 6.64. The maximum Gasteiger partial charge on any atom is 0.243 e. The Bertz CT molecular complexity index is 754. The van der Waals surface area contributed by atoms with Gasteiger partial charge in [-0.15, -0.1) is 5.10 Å². The molecule has 0 saturated carbocycles. The molecule has 0 aliphatic heterocycles. The van der Waals surface area contributed by atoms with Gasteiger partial charge in [0, 0.05) is 12.2 Å². The summed E-state index contributed by atoms with van der Waals surface area (Å²) in [7, 11) is 0. The number of nitrogens with one attached hydrogen (secondary N) is 1. The molecule has 108 valence electrons. The number of benzene rings is 1. The summed E-state index contributed by atoms with van der Waals surface area (Å²) in [6.45, 7) is 2.05. The van der Waals surface area contributed by atoms with Crippen LogP contribution in [0.25, 0.3) is 5.65 Å². The van der Waals surface area contributed by atoms with Crippen LogP contribution in [0.4, 0.5) is 10.3 Å². The smallest absolute Gasteiger partial charge is 0.243 e. The molecule has 1 atom stereocenters. The molecule has 0 radical (unpaired) electrons. The summed E-state index contributed by atoms with van der Waals surface area (Å²) < 4.78 is 15.5. The predicted molar refractivity (Wildman–Crippen MR) is 83.9 cm³/mol. The molecule has 0 amide bonds. The highest BCUT2D eigenvalue weighted by atomic mass is 79.9. The zero-order chi connectivity index (χ0) is 14.8. The lowest BCUT2D eigenvalue weighted by Gasteiger charge is -2.12. The van der Waals surface area contributed by atoms with Crippen molar-refractivity contribution in [2.45, 2.75) is 19.4 Å². The van der Waals surface area contributed by atoms with Gasteiger partial charge in [-0.3, -0.25) is 0 Å². The van der Waals surface area contributed by atoms with Crippen molar-refractivity contribution in [3.05, 3.63) is 58.4 Å². The summed E-state index contributed by atoms with van der Waals surface area (Å²) in [5.41, 5.74) is 1.84. The zero-order valence-electron chi connectivity index (χ0n) is 11.4. The van der Waals surface area contributed by atoms with Crippen molar-refractivity contribution < 1.29 is 4.39 Å². The van der Waals surface area contributed by atoms with Gasteiger partial charge in [0.05, 0.1) is 4.47 Å². The average molecular weight is 349 g/mol. The summed E-state index contributed by atoms with van der Waals surface area (Å²) >= 11 is 3.45. The summed E-state index contributed by atoms with van der Waals surface area (Å²) in [4.78, 5) is 4.44. The van der Waals surface area contributed by atoms with Crippen molar-refractivity contribution in [1.82, 2.24) is 14.6 Å². The zero-order valence-corrected chi connectivity index (χ0v) is 13.0. The molecule has 6 heteroatoms. The standard InChI is InChI=1S/C15H14BrFN4/c1-10(9-11-4-6-12(17)7-5-11)18-15-19-14-13(16)3-2-8-21(14)20-15/h2-8,10H,9H2,1H3,(H,18,20). The first-order valence-corrected chi connectivity index (χ1v) is 7.43. The lowest BCUT2D eigenvalue weighted by Crippen LogP contribution is -2.19. The second-order valence-corrected chi connectivity index (χ2v) is 5.79. The SMILES string of the molecule is CC(Cc1ccc(F)cc1)Nc1nc2c(Br)cccn2n1. The van der Waals surface area contributed by atoms with Crippen molar-refractivity contribution in [1.29, 1.82) is 0 Å². The largest absolute Gasteiger partial charge is 0.350 e. The molecule has 0 saturated heterocycles. The number of nitrogens with zero attached hydrogens (tertiary/aromatic N) is 3. The molecular formula is C15H14BrFN4. The minimum atomic E-state index is -0.216. The van der Waals surface area contributed by atoms with Crippen molar-refractivity contribution in [2.24, 2.45) is 0 Å². The van der Waals surface area contributed by atoms with E-state index in [1.807, 2.05) is 25.3 Å². The topological polar surface area (TPSA) is 42.2 Å². The molecular weight excluding hydrogens is 335 g/mol. The van der Waals surface area contributed by atoms with E-state index in [0.29, 0.717) is 5.95 Å². The van der Waals surface area contributed by atoms with Gasteiger partial charge in [-0.05, 0) is 59.1 Å². The Balaban J connectivity index is 1.72. The number of rotatable bonds is 4. The Morgan fingerprint density at radius 1 is 1.29 bits per heavy atom. The second kappa shape index (κ2) is 5.81. The Morgan fingerprint density at radius 2 is 2.05 bits per heavy atom. The summed E-state index contributed by atoms with van der Waals surface area (Å²) in [6.07, 6.45) is 2.62. The van der Waals surface area contributed by atoms with Gasteiger partial charge >= 0.3 is 0 Å². The Hall–Kier alpha value is -1.95. The summed E-state index contributed by atoms with van der Waals surface area (Å²) in [5.74, 6) is 0.364. The van der Waals surface area contributed by atoms with Crippen LogP contribution in [0.3, 0.4) is 0 Å². The third kappa shape index (κ3) is 3.21. The quantitative estimate of drug-likeness (QED) is 0.782. The van der Waals surface area contributed by atoms with Gasteiger partial charge in [0.25, 0.3) is 0 Å². The summed E-state index contributed by atoms with van der Waals surface area (Å²) in [6, 6.07) is 10.5. The highest BCUT2D eigenvalue weighted by Crippen LogP contribution is 2.17. The molecule has 1 aromatic carbocycles. The molecule has 3 aromatic rings. The molecule has 3 rings (SSSR count). The predicted octanol–water partition coefficient (Wildman–Crippen LogP) is 3.67. The fourth-order valence-electron chi connectivity index (χ4n) is 2.18. The molecule has 0 aliphatic carbocycles. The van der Waals surface area contributed by atoms with Gasteiger partial charge in [-0.25, -0.2) is 8.91 Å². The van der Waals surface area contributed by atoms with Crippen LogP contribution in [0.15, 0.2) is 47.1 Å². The molecule has 1 N–H and O–H groups in total. The van der Waals surface area contributed by atoms with Crippen molar-refractivity contribution >= 4 is 27.5 Å². The monoisotopic (exact) mass is 348 g/mol. The van der Waals surface area contributed by atoms with Crippen LogP contribution >= 0.6 is 15.9 Å². The lowest BCUT2D eigenvalue weighted by atomic mass is 10.1. The Morgan fingerprint density at radius 3 is 2.76 bits per heavy atom. The van der Waals surface area contributed by atoms with Crippen LogP contribution in [-0.4, -0.2) is 20.6 Å². The van der Waals surface area contributed by atoms with Crippen LogP contribution in [-0.2, 0) is 6.42 Å². The van der Waals surface area contributed by atoms with Crippen LogP contribution in [0.5, 0.6) is 0 Å². The third-order valence-corrected chi connectivity index (χ3v) is 3.76. The minimum absolute atomic E-state index is 0.145. The minimum Gasteiger partial charge on any atom is -0.350 e. The highest BCUT2D eigenvalue weighted by molar-refractivity contribution is 9.10. The van der Waals surface area contributed by atoms with Crippen LogP contribution < -0.4 is 5.32 Å². The number of halogens is 2. The van der Waals surface area contributed by atoms with E-state index >= 15 is 0 Å². The van der Waals surface area contributed by atoms with E-state index in [1.165, 1.54) is 12.1 Å². The van der Waals surface area contributed by atoms with E-state index in [9.17, 15) is 4.39 Å². The molecule has 21 heavy (non-hydrogen) atoms. The fraction of sp³-hybridized carbons (Fsp3) is 0.200. The lowest BCUT2D eigenvalue weighted by molar-refractivity contribution is 0.626. The van der Waals surface area contributed by atoms with E-state index in [1.54, 1.807) is 16.6 Å². The Labute approximate surface area is 130 Å². The van der Waals surface area contributed by atoms with Gasteiger partial charge in [0.1, 0.15) is 5.82 Å². The fourth-order valence-corrected chi connectivity index (χ4v) is 2.60. The molecule has 4 nitrogen and oxygen atoms in total. The molecule has 2 aromatic heterocycles. The van der Waals surface area contributed by atoms with Gasteiger partial charge in [-0.1, -0.05) is 12.1 Å². The number of pyridine rings is 1.